The Hall–Kier alpha value is -2.88. The van der Waals surface area contributed by atoms with Crippen molar-refractivity contribution in [3.63, 3.8) is 0 Å². The Morgan fingerprint density at radius 3 is 2.55 bits per heavy atom. The highest BCUT2D eigenvalue weighted by Gasteiger charge is 2.13. The van der Waals surface area contributed by atoms with Gasteiger partial charge in [-0.25, -0.2) is 4.79 Å². The molecule has 2 aromatic carbocycles. The molecule has 2 N–H and O–H groups in total. The third-order valence-corrected chi connectivity index (χ3v) is 5.37. The van der Waals surface area contributed by atoms with Gasteiger partial charge in [-0.05, 0) is 54.9 Å². The average Bonchev–Trinajstić information content (AvgIpc) is 2.96. The van der Waals surface area contributed by atoms with E-state index in [1.165, 1.54) is 12.0 Å². The third kappa shape index (κ3) is 5.80. The molecule has 0 saturated carbocycles. The Bertz CT molecular complexity index is 872. The molecule has 2 amide bonds. The molecule has 0 atom stereocenters. The predicted molar refractivity (Wildman–Crippen MR) is 115 cm³/mol. The van der Waals surface area contributed by atoms with Crippen molar-refractivity contribution >= 4 is 6.03 Å². The van der Waals surface area contributed by atoms with Crippen LogP contribution >= 0.6 is 0 Å². The van der Waals surface area contributed by atoms with Crippen LogP contribution in [0.2, 0.25) is 0 Å². The number of carbonyl (C=O) groups excluding carboxylic acids is 1. The second-order valence-corrected chi connectivity index (χ2v) is 7.55. The summed E-state index contributed by atoms with van der Waals surface area (Å²) in [5.74, 6) is 0. The number of hydrogen-bond donors (Lipinski definition) is 2. The van der Waals surface area contributed by atoms with E-state index in [0.29, 0.717) is 12.1 Å². The number of urea groups is 1. The number of benzene rings is 2. The van der Waals surface area contributed by atoms with Gasteiger partial charge in [0.25, 0.3) is 0 Å². The van der Waals surface area contributed by atoms with E-state index in [1.54, 1.807) is 7.05 Å². The minimum atomic E-state index is -0.201. The van der Waals surface area contributed by atoms with E-state index >= 15 is 0 Å². The van der Waals surface area contributed by atoms with Gasteiger partial charge >= 0.3 is 6.03 Å². The Labute approximate surface area is 173 Å². The number of likely N-dealkylation sites (N-methyl/N-ethyl adjacent to an activating group) is 1. The molecule has 0 spiro atoms. The van der Waals surface area contributed by atoms with Gasteiger partial charge in [0.05, 0.1) is 11.6 Å². The van der Waals surface area contributed by atoms with Crippen LogP contribution < -0.4 is 10.6 Å². The van der Waals surface area contributed by atoms with Crippen LogP contribution in [0.15, 0.2) is 42.5 Å². The van der Waals surface area contributed by atoms with Crippen molar-refractivity contribution < 1.29 is 4.79 Å². The summed E-state index contributed by atoms with van der Waals surface area (Å²) in [4.78, 5) is 16.1. The van der Waals surface area contributed by atoms with Crippen LogP contribution in [0, 0.1) is 11.3 Å². The SMILES string of the molecule is CNC(=O)NCc1ccc(-c2ccc(CN3CCCN(C)CC3)cc2C#N)cc1. The van der Waals surface area contributed by atoms with Crippen LogP contribution in [-0.4, -0.2) is 56.1 Å². The molecule has 0 aromatic heterocycles. The van der Waals surface area contributed by atoms with Gasteiger partial charge < -0.3 is 15.5 Å². The zero-order chi connectivity index (χ0) is 20.6. The van der Waals surface area contributed by atoms with Crippen molar-refractivity contribution in [2.75, 3.05) is 40.3 Å². The van der Waals surface area contributed by atoms with E-state index in [2.05, 4.69) is 45.7 Å². The number of carbonyl (C=O) groups is 1. The van der Waals surface area contributed by atoms with Crippen molar-refractivity contribution in [2.45, 2.75) is 19.5 Å². The van der Waals surface area contributed by atoms with E-state index in [4.69, 9.17) is 0 Å². The summed E-state index contributed by atoms with van der Waals surface area (Å²) in [6.45, 7) is 5.74. The Morgan fingerprint density at radius 1 is 1.07 bits per heavy atom. The highest BCUT2D eigenvalue weighted by Crippen LogP contribution is 2.25. The molecule has 0 radical (unpaired) electrons. The van der Waals surface area contributed by atoms with Crippen LogP contribution in [0.25, 0.3) is 11.1 Å². The van der Waals surface area contributed by atoms with Crippen molar-refractivity contribution in [2.24, 2.45) is 0 Å². The van der Waals surface area contributed by atoms with E-state index in [0.717, 1.165) is 49.4 Å². The summed E-state index contributed by atoms with van der Waals surface area (Å²) in [6.07, 6.45) is 1.18. The monoisotopic (exact) mass is 391 g/mol. The summed E-state index contributed by atoms with van der Waals surface area (Å²) in [6, 6.07) is 16.3. The lowest BCUT2D eigenvalue weighted by Crippen LogP contribution is -2.32. The first-order valence-corrected chi connectivity index (χ1v) is 10.1. The van der Waals surface area contributed by atoms with Gasteiger partial charge in [-0.1, -0.05) is 36.4 Å². The first-order chi connectivity index (χ1) is 14.1. The molecule has 1 aliphatic rings. The normalized spacial score (nSPS) is 15.3. The lowest BCUT2D eigenvalue weighted by Gasteiger charge is -2.20. The molecular formula is C23H29N5O. The third-order valence-electron chi connectivity index (χ3n) is 5.37. The molecule has 1 fully saturated rings. The zero-order valence-corrected chi connectivity index (χ0v) is 17.2. The fourth-order valence-electron chi connectivity index (χ4n) is 3.62. The predicted octanol–water partition coefficient (Wildman–Crippen LogP) is 2.79. The van der Waals surface area contributed by atoms with Gasteiger partial charge in [0, 0.05) is 33.2 Å². The lowest BCUT2D eigenvalue weighted by atomic mass is 9.97. The highest BCUT2D eigenvalue weighted by molar-refractivity contribution is 5.73. The molecule has 2 aromatic rings. The van der Waals surface area contributed by atoms with Crippen LogP contribution in [0.5, 0.6) is 0 Å². The molecule has 0 aliphatic carbocycles. The number of hydrogen-bond acceptors (Lipinski definition) is 4. The summed E-state index contributed by atoms with van der Waals surface area (Å²) >= 11 is 0. The number of nitrogens with one attached hydrogen (secondary N) is 2. The van der Waals surface area contributed by atoms with Gasteiger partial charge in [0.1, 0.15) is 0 Å². The number of nitriles is 1. The lowest BCUT2D eigenvalue weighted by molar-refractivity contribution is 0.242. The van der Waals surface area contributed by atoms with Gasteiger partial charge in [0.2, 0.25) is 0 Å². The molecule has 152 valence electrons. The molecule has 3 rings (SSSR count). The second kappa shape index (κ2) is 10.1. The second-order valence-electron chi connectivity index (χ2n) is 7.55. The fourth-order valence-corrected chi connectivity index (χ4v) is 3.62. The molecular weight excluding hydrogens is 362 g/mol. The maximum absolute atomic E-state index is 11.3. The van der Waals surface area contributed by atoms with Gasteiger partial charge in [-0.3, -0.25) is 4.90 Å². The van der Waals surface area contributed by atoms with Crippen molar-refractivity contribution in [3.05, 3.63) is 59.2 Å². The van der Waals surface area contributed by atoms with Gasteiger partial charge in [-0.2, -0.15) is 5.26 Å². The van der Waals surface area contributed by atoms with E-state index in [-0.39, 0.29) is 6.03 Å². The fraction of sp³-hybridized carbons (Fsp3) is 0.391. The molecule has 1 saturated heterocycles. The van der Waals surface area contributed by atoms with Crippen molar-refractivity contribution in [1.82, 2.24) is 20.4 Å². The number of rotatable bonds is 5. The summed E-state index contributed by atoms with van der Waals surface area (Å²) in [5, 5.41) is 15.0. The van der Waals surface area contributed by atoms with Gasteiger partial charge in [0.15, 0.2) is 0 Å². The van der Waals surface area contributed by atoms with Crippen molar-refractivity contribution in [3.8, 4) is 17.2 Å². The summed E-state index contributed by atoms with van der Waals surface area (Å²) in [7, 11) is 3.77. The molecule has 0 unspecified atom stereocenters. The van der Waals surface area contributed by atoms with Crippen LogP contribution in [0.4, 0.5) is 4.79 Å². The maximum Gasteiger partial charge on any atom is 0.314 e. The molecule has 6 heteroatoms. The molecule has 0 bridgehead atoms. The Morgan fingerprint density at radius 2 is 1.83 bits per heavy atom. The first kappa shape index (κ1) is 20.8. The largest absolute Gasteiger partial charge is 0.341 e. The first-order valence-electron chi connectivity index (χ1n) is 10.1. The smallest absolute Gasteiger partial charge is 0.314 e. The summed E-state index contributed by atoms with van der Waals surface area (Å²) in [5.41, 5.74) is 4.84. The minimum Gasteiger partial charge on any atom is -0.341 e. The Kier molecular flexibility index (Phi) is 7.23. The van der Waals surface area contributed by atoms with E-state index < -0.39 is 0 Å². The van der Waals surface area contributed by atoms with Gasteiger partial charge in [-0.15, -0.1) is 0 Å². The van der Waals surface area contributed by atoms with E-state index in [1.807, 2.05) is 30.3 Å². The van der Waals surface area contributed by atoms with Crippen molar-refractivity contribution in [1.29, 1.82) is 5.26 Å². The quantitative estimate of drug-likeness (QED) is 0.822. The average molecular weight is 392 g/mol. The highest BCUT2D eigenvalue weighted by atomic mass is 16.2. The minimum absolute atomic E-state index is 0.201. The number of amides is 2. The molecule has 6 nitrogen and oxygen atoms in total. The van der Waals surface area contributed by atoms with Crippen LogP contribution in [0.1, 0.15) is 23.1 Å². The zero-order valence-electron chi connectivity index (χ0n) is 17.2. The van der Waals surface area contributed by atoms with Crippen LogP contribution in [0.3, 0.4) is 0 Å². The topological polar surface area (TPSA) is 71.4 Å². The van der Waals surface area contributed by atoms with Crippen LogP contribution in [-0.2, 0) is 13.1 Å². The molecule has 1 aliphatic heterocycles. The molecule has 1 heterocycles. The molecule has 29 heavy (non-hydrogen) atoms. The summed E-state index contributed by atoms with van der Waals surface area (Å²) < 4.78 is 0. The van der Waals surface area contributed by atoms with E-state index in [9.17, 15) is 10.1 Å². The standard InChI is InChI=1S/C23H29N5O/c1-25-23(29)26-16-18-4-7-20(8-5-18)22-9-6-19(14-21(22)15-24)17-28-11-3-10-27(2)12-13-28/h4-9,14H,3,10-13,16-17H2,1-2H3,(H2,25,26,29). The number of nitrogens with zero attached hydrogens (tertiary/aromatic N) is 3. The Balaban J connectivity index is 1.70. The maximum atomic E-state index is 11.3.